The Hall–Kier alpha value is -1.06. The number of carboxylic acids is 1. The Morgan fingerprint density at radius 2 is 2.07 bits per heavy atom. The molecule has 4 nitrogen and oxygen atoms in total. The van der Waals surface area contributed by atoms with E-state index in [9.17, 15) is 9.59 Å². The Balaban J connectivity index is 2.31. The van der Waals surface area contributed by atoms with Gasteiger partial charge in [-0.25, -0.2) is 0 Å². The minimum absolute atomic E-state index is 0.0104. The van der Waals surface area contributed by atoms with Crippen LogP contribution in [0.4, 0.5) is 0 Å². The molecule has 0 aromatic carbocycles. The second-order valence-electron chi connectivity index (χ2n) is 4.75. The number of carbonyl (C=O) groups excluding carboxylic acids is 1. The van der Waals surface area contributed by atoms with Gasteiger partial charge in [-0.05, 0) is 18.8 Å². The number of hydrogen-bond donors (Lipinski definition) is 2. The molecule has 1 fully saturated rings. The Morgan fingerprint density at radius 1 is 1.57 bits per heavy atom. The monoisotopic (exact) mass is 199 g/mol. The molecule has 4 heteroatoms. The van der Waals surface area contributed by atoms with Crippen LogP contribution < -0.4 is 5.32 Å². The molecule has 0 bridgehead atoms. The molecule has 2 N–H and O–H groups in total. The zero-order valence-electron chi connectivity index (χ0n) is 8.83. The van der Waals surface area contributed by atoms with Crippen molar-refractivity contribution in [3.05, 3.63) is 0 Å². The lowest BCUT2D eigenvalue weighted by atomic mass is 10.1. The summed E-state index contributed by atoms with van der Waals surface area (Å²) in [5, 5.41) is 11.2. The third-order valence-electron chi connectivity index (χ3n) is 2.70. The fraction of sp³-hybridized carbons (Fsp3) is 0.800. The van der Waals surface area contributed by atoms with Crippen LogP contribution >= 0.6 is 0 Å². The lowest BCUT2D eigenvalue weighted by molar-refractivity contribution is -0.137. The molecule has 0 aromatic rings. The first-order chi connectivity index (χ1) is 6.33. The zero-order chi connectivity index (χ0) is 10.9. The number of carbonyl (C=O) groups is 2. The SMILES string of the molecule is CC(CC(=O)O)NC(=O)C1CC1(C)C. The van der Waals surface area contributed by atoms with Gasteiger partial charge in [0.25, 0.3) is 0 Å². The van der Waals surface area contributed by atoms with Crippen LogP contribution in [-0.2, 0) is 9.59 Å². The Kier molecular flexibility index (Phi) is 2.83. The average Bonchev–Trinajstić information content (AvgIpc) is 2.57. The standard InChI is InChI=1S/C10H17NO3/c1-6(4-8(12)13)11-9(14)7-5-10(7,2)3/h6-7H,4-5H2,1-3H3,(H,11,14)(H,12,13). The van der Waals surface area contributed by atoms with E-state index in [1.807, 2.05) is 13.8 Å². The van der Waals surface area contributed by atoms with E-state index in [2.05, 4.69) is 5.32 Å². The summed E-state index contributed by atoms with van der Waals surface area (Å²) in [4.78, 5) is 21.9. The molecule has 14 heavy (non-hydrogen) atoms. The summed E-state index contributed by atoms with van der Waals surface area (Å²) < 4.78 is 0. The predicted molar refractivity (Wildman–Crippen MR) is 51.7 cm³/mol. The van der Waals surface area contributed by atoms with Crippen LogP contribution in [-0.4, -0.2) is 23.0 Å². The molecule has 0 aliphatic heterocycles. The fourth-order valence-electron chi connectivity index (χ4n) is 1.57. The minimum atomic E-state index is -0.882. The van der Waals surface area contributed by atoms with Gasteiger partial charge >= 0.3 is 5.97 Å². The van der Waals surface area contributed by atoms with Gasteiger partial charge < -0.3 is 10.4 Å². The summed E-state index contributed by atoms with van der Waals surface area (Å²) >= 11 is 0. The average molecular weight is 199 g/mol. The third kappa shape index (κ3) is 2.72. The number of rotatable bonds is 4. The molecular weight excluding hydrogens is 182 g/mol. The van der Waals surface area contributed by atoms with E-state index < -0.39 is 5.97 Å². The lowest BCUT2D eigenvalue weighted by Crippen LogP contribution is -2.36. The molecule has 0 spiro atoms. The zero-order valence-corrected chi connectivity index (χ0v) is 8.83. The van der Waals surface area contributed by atoms with Crippen molar-refractivity contribution < 1.29 is 14.7 Å². The number of aliphatic carboxylic acids is 1. The second kappa shape index (κ2) is 3.59. The maximum Gasteiger partial charge on any atom is 0.305 e. The third-order valence-corrected chi connectivity index (χ3v) is 2.70. The Morgan fingerprint density at radius 3 is 2.43 bits per heavy atom. The largest absolute Gasteiger partial charge is 0.481 e. The molecule has 0 aromatic heterocycles. The molecule has 1 saturated carbocycles. The molecular formula is C10H17NO3. The summed E-state index contributed by atoms with van der Waals surface area (Å²) in [5.41, 5.74) is 0.104. The molecule has 1 amide bonds. The predicted octanol–water partition coefficient (Wildman–Crippen LogP) is 1.01. The van der Waals surface area contributed by atoms with Gasteiger partial charge in [0.2, 0.25) is 5.91 Å². The first kappa shape index (κ1) is 11.0. The highest BCUT2D eigenvalue weighted by molar-refractivity contribution is 5.83. The Bertz CT molecular complexity index is 260. The van der Waals surface area contributed by atoms with Crippen molar-refractivity contribution in [2.45, 2.75) is 39.7 Å². The summed E-state index contributed by atoms with van der Waals surface area (Å²) in [5.74, 6) is -0.824. The first-order valence-corrected chi connectivity index (χ1v) is 4.85. The van der Waals surface area contributed by atoms with E-state index in [0.29, 0.717) is 0 Å². The van der Waals surface area contributed by atoms with Crippen LogP contribution in [0.3, 0.4) is 0 Å². The molecule has 0 saturated heterocycles. The van der Waals surface area contributed by atoms with Crippen LogP contribution in [0.25, 0.3) is 0 Å². The van der Waals surface area contributed by atoms with E-state index in [-0.39, 0.29) is 29.7 Å². The van der Waals surface area contributed by atoms with Gasteiger partial charge in [-0.3, -0.25) is 9.59 Å². The van der Waals surface area contributed by atoms with Gasteiger partial charge in [0.05, 0.1) is 6.42 Å². The fourth-order valence-corrected chi connectivity index (χ4v) is 1.57. The molecule has 0 radical (unpaired) electrons. The molecule has 1 aliphatic rings. The quantitative estimate of drug-likeness (QED) is 0.710. The molecule has 1 rings (SSSR count). The van der Waals surface area contributed by atoms with Crippen LogP contribution in [0.15, 0.2) is 0 Å². The normalized spacial score (nSPS) is 25.2. The number of hydrogen-bond acceptors (Lipinski definition) is 2. The molecule has 2 atom stereocenters. The van der Waals surface area contributed by atoms with Crippen molar-refractivity contribution in [1.82, 2.24) is 5.32 Å². The van der Waals surface area contributed by atoms with Crippen molar-refractivity contribution in [3.63, 3.8) is 0 Å². The number of amides is 1. The summed E-state index contributed by atoms with van der Waals surface area (Å²) in [6.45, 7) is 5.79. The van der Waals surface area contributed by atoms with Gasteiger partial charge in [0, 0.05) is 12.0 Å². The van der Waals surface area contributed by atoms with Crippen molar-refractivity contribution in [2.24, 2.45) is 11.3 Å². The highest BCUT2D eigenvalue weighted by Gasteiger charge is 2.50. The van der Waals surface area contributed by atoms with Crippen molar-refractivity contribution in [1.29, 1.82) is 0 Å². The van der Waals surface area contributed by atoms with Gasteiger partial charge in [-0.2, -0.15) is 0 Å². The first-order valence-electron chi connectivity index (χ1n) is 4.85. The van der Waals surface area contributed by atoms with E-state index in [4.69, 9.17) is 5.11 Å². The number of carboxylic acid groups (broad SMARTS) is 1. The van der Waals surface area contributed by atoms with Gasteiger partial charge in [-0.1, -0.05) is 13.8 Å². The molecule has 80 valence electrons. The maximum absolute atomic E-state index is 11.5. The molecule has 1 aliphatic carbocycles. The van der Waals surface area contributed by atoms with E-state index in [0.717, 1.165) is 6.42 Å². The van der Waals surface area contributed by atoms with Crippen LogP contribution in [0, 0.1) is 11.3 Å². The summed E-state index contributed by atoms with van der Waals surface area (Å²) in [7, 11) is 0. The topological polar surface area (TPSA) is 66.4 Å². The van der Waals surface area contributed by atoms with E-state index >= 15 is 0 Å². The van der Waals surface area contributed by atoms with Crippen molar-refractivity contribution >= 4 is 11.9 Å². The second-order valence-corrected chi connectivity index (χ2v) is 4.75. The van der Waals surface area contributed by atoms with Crippen LogP contribution in [0.2, 0.25) is 0 Å². The van der Waals surface area contributed by atoms with E-state index in [1.165, 1.54) is 0 Å². The van der Waals surface area contributed by atoms with Crippen LogP contribution in [0.5, 0.6) is 0 Å². The van der Waals surface area contributed by atoms with Gasteiger partial charge in [0.15, 0.2) is 0 Å². The maximum atomic E-state index is 11.5. The smallest absolute Gasteiger partial charge is 0.305 e. The number of nitrogens with one attached hydrogen (secondary N) is 1. The summed E-state index contributed by atoms with van der Waals surface area (Å²) in [6.07, 6.45) is 0.886. The Labute approximate surface area is 83.7 Å². The van der Waals surface area contributed by atoms with Gasteiger partial charge in [0.1, 0.15) is 0 Å². The molecule has 0 heterocycles. The minimum Gasteiger partial charge on any atom is -0.481 e. The van der Waals surface area contributed by atoms with Crippen molar-refractivity contribution in [2.75, 3.05) is 0 Å². The highest BCUT2D eigenvalue weighted by Crippen LogP contribution is 2.51. The lowest BCUT2D eigenvalue weighted by Gasteiger charge is -2.12. The van der Waals surface area contributed by atoms with Gasteiger partial charge in [-0.15, -0.1) is 0 Å². The molecule has 2 unspecified atom stereocenters. The highest BCUT2D eigenvalue weighted by atomic mass is 16.4. The van der Waals surface area contributed by atoms with Crippen LogP contribution in [0.1, 0.15) is 33.6 Å². The van der Waals surface area contributed by atoms with E-state index in [1.54, 1.807) is 6.92 Å². The van der Waals surface area contributed by atoms with Crippen molar-refractivity contribution in [3.8, 4) is 0 Å². The summed E-state index contributed by atoms with van der Waals surface area (Å²) in [6, 6.07) is -0.281.